The van der Waals surface area contributed by atoms with Crippen LogP contribution in [0.15, 0.2) is 12.3 Å². The van der Waals surface area contributed by atoms with Crippen LogP contribution in [0.3, 0.4) is 0 Å². The Morgan fingerprint density at radius 2 is 1.90 bits per heavy atom. The highest BCUT2D eigenvalue weighted by molar-refractivity contribution is 6.62. The normalized spacial score (nSPS) is 19.6. The van der Waals surface area contributed by atoms with E-state index in [0.29, 0.717) is 5.46 Å². The molecule has 104 valence electrons. The van der Waals surface area contributed by atoms with E-state index in [2.05, 4.69) is 4.98 Å². The van der Waals surface area contributed by atoms with Gasteiger partial charge in [0.15, 0.2) is 0 Å². The van der Waals surface area contributed by atoms with Gasteiger partial charge in [-0.15, -0.1) is 0 Å². The minimum absolute atomic E-state index is 0.227. The third-order valence-corrected chi connectivity index (χ3v) is 3.72. The number of aromatic nitrogens is 1. The number of nitrogens with zero attached hydrogens (tertiary/aromatic N) is 3. The number of rotatable bonds is 2. The van der Waals surface area contributed by atoms with Crippen molar-refractivity contribution >= 4 is 18.3 Å². The lowest BCUT2D eigenvalue weighted by atomic mass is 9.80. The predicted octanol–water partition coefficient (Wildman–Crippen LogP) is 1.16. The largest absolute Gasteiger partial charge is 0.496 e. The molecule has 0 radical (unpaired) electrons. The fourth-order valence-corrected chi connectivity index (χ4v) is 1.80. The molecule has 0 aromatic carbocycles. The van der Waals surface area contributed by atoms with Gasteiger partial charge >= 0.3 is 12.8 Å². The molecule has 20 heavy (non-hydrogen) atoms. The van der Waals surface area contributed by atoms with Gasteiger partial charge in [0.25, 0.3) is 0 Å². The Morgan fingerprint density at radius 3 is 2.35 bits per heavy atom. The van der Waals surface area contributed by atoms with Crippen molar-refractivity contribution in [1.82, 2.24) is 4.98 Å². The molecule has 0 N–H and O–H groups in total. The summed E-state index contributed by atoms with van der Waals surface area (Å²) < 4.78 is 11.6. The predicted molar refractivity (Wildman–Crippen MR) is 71.3 cm³/mol. The Morgan fingerprint density at radius 1 is 1.35 bits per heavy atom. The molecule has 0 spiro atoms. The summed E-state index contributed by atoms with van der Waals surface area (Å²) in [6.07, 6.45) is 1.37. The lowest BCUT2D eigenvalue weighted by Gasteiger charge is -2.32. The van der Waals surface area contributed by atoms with Gasteiger partial charge in [-0.05, 0) is 27.7 Å². The first kappa shape index (κ1) is 14.4. The molecule has 8 heteroatoms. The zero-order valence-corrected chi connectivity index (χ0v) is 11.7. The molecule has 2 heterocycles. The molecule has 1 fully saturated rings. The molecular formula is C12H14BN3O4. The number of pyridine rings is 1. The van der Waals surface area contributed by atoms with E-state index in [1.54, 1.807) is 6.07 Å². The summed E-state index contributed by atoms with van der Waals surface area (Å²) in [4.78, 5) is 14.1. The van der Waals surface area contributed by atoms with Crippen LogP contribution in [0, 0.1) is 21.4 Å². The van der Waals surface area contributed by atoms with E-state index in [1.165, 1.54) is 12.3 Å². The van der Waals surface area contributed by atoms with Gasteiger partial charge < -0.3 is 9.31 Å². The standard InChI is InChI=1S/C12H14BN3O4/c1-11(2)12(3,4)20-13(19-11)8-5-10(16(17)18)9(6-14)15-7-8/h5,7H,1-4H3. The number of hydrogen-bond acceptors (Lipinski definition) is 6. The summed E-state index contributed by atoms with van der Waals surface area (Å²) in [5, 5.41) is 19.7. The summed E-state index contributed by atoms with van der Waals surface area (Å²) in [5.41, 5.74) is -1.23. The van der Waals surface area contributed by atoms with Crippen LogP contribution in [-0.4, -0.2) is 28.2 Å². The second-order valence-corrected chi connectivity index (χ2v) is 5.59. The number of nitriles is 1. The van der Waals surface area contributed by atoms with Crippen molar-refractivity contribution in [2.24, 2.45) is 0 Å². The second kappa shape index (κ2) is 4.54. The van der Waals surface area contributed by atoms with Gasteiger partial charge in [-0.1, -0.05) is 0 Å². The van der Waals surface area contributed by atoms with Crippen molar-refractivity contribution in [3.05, 3.63) is 28.1 Å². The van der Waals surface area contributed by atoms with Crippen LogP contribution in [0.25, 0.3) is 0 Å². The van der Waals surface area contributed by atoms with Crippen molar-refractivity contribution < 1.29 is 14.2 Å². The lowest BCUT2D eigenvalue weighted by Crippen LogP contribution is -2.41. The zero-order chi connectivity index (χ0) is 15.1. The minimum Gasteiger partial charge on any atom is -0.399 e. The molecule has 1 aliphatic rings. The first-order chi connectivity index (χ1) is 9.18. The Labute approximate surface area is 116 Å². The summed E-state index contributed by atoms with van der Waals surface area (Å²) in [5.74, 6) is 0. The third kappa shape index (κ3) is 2.26. The van der Waals surface area contributed by atoms with Crippen LogP contribution in [0.4, 0.5) is 5.69 Å². The van der Waals surface area contributed by atoms with Crippen LogP contribution in [0.5, 0.6) is 0 Å². The van der Waals surface area contributed by atoms with Gasteiger partial charge in [-0.3, -0.25) is 10.1 Å². The van der Waals surface area contributed by atoms with Gasteiger partial charge in [-0.25, -0.2) is 4.98 Å². The van der Waals surface area contributed by atoms with Crippen LogP contribution in [0.2, 0.25) is 0 Å². The van der Waals surface area contributed by atoms with E-state index >= 15 is 0 Å². The molecule has 1 aliphatic heterocycles. The molecule has 0 bridgehead atoms. The van der Waals surface area contributed by atoms with Crippen molar-refractivity contribution in [3.8, 4) is 6.07 Å². The average molecular weight is 275 g/mol. The molecule has 0 amide bonds. The van der Waals surface area contributed by atoms with E-state index in [-0.39, 0.29) is 11.4 Å². The average Bonchev–Trinajstić information content (AvgIpc) is 2.57. The third-order valence-electron chi connectivity index (χ3n) is 3.72. The van der Waals surface area contributed by atoms with Crippen LogP contribution >= 0.6 is 0 Å². The SMILES string of the molecule is CC1(C)OB(c2cnc(C#N)c([N+](=O)[O-])c2)OC1(C)C. The summed E-state index contributed by atoms with van der Waals surface area (Å²) in [6.45, 7) is 7.55. The highest BCUT2D eigenvalue weighted by Gasteiger charge is 2.52. The quantitative estimate of drug-likeness (QED) is 0.456. The summed E-state index contributed by atoms with van der Waals surface area (Å²) in [6, 6.07) is 2.96. The molecule has 0 aliphatic carbocycles. The fraction of sp³-hybridized carbons (Fsp3) is 0.500. The molecule has 1 aromatic rings. The molecule has 0 atom stereocenters. The first-order valence-electron chi connectivity index (χ1n) is 6.08. The zero-order valence-electron chi connectivity index (χ0n) is 11.7. The summed E-state index contributed by atoms with van der Waals surface area (Å²) in [7, 11) is -0.737. The van der Waals surface area contributed by atoms with Crippen molar-refractivity contribution in [3.63, 3.8) is 0 Å². The van der Waals surface area contributed by atoms with Gasteiger partial charge in [0.05, 0.1) is 16.1 Å². The molecule has 2 rings (SSSR count). The highest BCUT2D eigenvalue weighted by atomic mass is 16.7. The Kier molecular flexibility index (Phi) is 3.28. The molecular weight excluding hydrogens is 261 g/mol. The highest BCUT2D eigenvalue weighted by Crippen LogP contribution is 2.36. The van der Waals surface area contributed by atoms with E-state index < -0.39 is 23.2 Å². The van der Waals surface area contributed by atoms with E-state index in [9.17, 15) is 10.1 Å². The Hall–Kier alpha value is -1.98. The summed E-state index contributed by atoms with van der Waals surface area (Å²) >= 11 is 0. The van der Waals surface area contributed by atoms with Crippen LogP contribution < -0.4 is 5.46 Å². The molecule has 7 nitrogen and oxygen atoms in total. The molecule has 1 saturated heterocycles. The smallest absolute Gasteiger partial charge is 0.399 e. The fourth-order valence-electron chi connectivity index (χ4n) is 1.80. The van der Waals surface area contributed by atoms with E-state index in [0.717, 1.165) is 0 Å². The number of nitro groups is 1. The Balaban J connectivity index is 2.39. The molecule has 0 unspecified atom stereocenters. The van der Waals surface area contributed by atoms with Gasteiger partial charge in [-0.2, -0.15) is 5.26 Å². The minimum atomic E-state index is -0.737. The van der Waals surface area contributed by atoms with Crippen molar-refractivity contribution in [1.29, 1.82) is 5.26 Å². The molecule has 1 aromatic heterocycles. The first-order valence-corrected chi connectivity index (χ1v) is 6.08. The molecule has 0 saturated carbocycles. The maximum atomic E-state index is 10.9. The second-order valence-electron chi connectivity index (χ2n) is 5.59. The van der Waals surface area contributed by atoms with Gasteiger partial charge in [0.2, 0.25) is 5.69 Å². The lowest BCUT2D eigenvalue weighted by molar-refractivity contribution is -0.385. The topological polar surface area (TPSA) is 98.3 Å². The monoisotopic (exact) mass is 275 g/mol. The van der Waals surface area contributed by atoms with Gasteiger partial charge in [0, 0.05) is 17.7 Å². The van der Waals surface area contributed by atoms with Crippen LogP contribution in [0.1, 0.15) is 33.4 Å². The van der Waals surface area contributed by atoms with E-state index in [1.807, 2.05) is 27.7 Å². The maximum absolute atomic E-state index is 10.9. The van der Waals surface area contributed by atoms with Crippen molar-refractivity contribution in [2.75, 3.05) is 0 Å². The van der Waals surface area contributed by atoms with E-state index in [4.69, 9.17) is 14.6 Å². The Bertz CT molecular complexity index is 593. The van der Waals surface area contributed by atoms with Crippen molar-refractivity contribution in [2.45, 2.75) is 38.9 Å². The van der Waals surface area contributed by atoms with Gasteiger partial charge in [0.1, 0.15) is 6.07 Å². The van der Waals surface area contributed by atoms with Crippen LogP contribution in [-0.2, 0) is 9.31 Å². The maximum Gasteiger partial charge on any atom is 0.496 e. The number of hydrogen-bond donors (Lipinski definition) is 0.